The molecule has 0 aromatic carbocycles. The van der Waals surface area contributed by atoms with Crippen molar-refractivity contribution in [1.82, 2.24) is 9.55 Å². The first-order valence-electron chi connectivity index (χ1n) is 6.45. The summed E-state index contributed by atoms with van der Waals surface area (Å²) < 4.78 is 12.9. The summed E-state index contributed by atoms with van der Waals surface area (Å²) in [5, 5.41) is 9.14. The molecular formula is C13H20N2O4S. The molecule has 1 aromatic rings. The molecule has 7 heteroatoms. The summed E-state index contributed by atoms with van der Waals surface area (Å²) in [6.07, 6.45) is 0. The van der Waals surface area contributed by atoms with Crippen molar-refractivity contribution >= 4 is 16.8 Å². The molecule has 0 aliphatic carbocycles. The highest BCUT2D eigenvalue weighted by Gasteiger charge is 2.22. The lowest BCUT2D eigenvalue weighted by molar-refractivity contribution is -0.138. The van der Waals surface area contributed by atoms with Crippen molar-refractivity contribution in [2.75, 3.05) is 11.5 Å². The quantitative estimate of drug-likeness (QED) is 0.840. The molecule has 0 amide bonds. The number of carbonyl (C=O) groups is 1. The number of hydrogen-bond acceptors (Lipinski definition) is 4. The highest BCUT2D eigenvalue weighted by Crippen LogP contribution is 2.21. The molecule has 1 aromatic heterocycles. The molecule has 0 radical (unpaired) electrons. The Bertz CT molecular complexity index is 595. The van der Waals surface area contributed by atoms with Crippen LogP contribution in [0.4, 0.5) is 0 Å². The second-order valence-corrected chi connectivity index (χ2v) is 6.49. The van der Waals surface area contributed by atoms with Crippen LogP contribution in [-0.2, 0) is 22.1 Å². The van der Waals surface area contributed by atoms with Gasteiger partial charge in [0.15, 0.2) is 0 Å². The maximum absolute atomic E-state index is 11.9. The molecule has 0 aliphatic rings. The molecule has 1 N–H and O–H groups in total. The van der Waals surface area contributed by atoms with Gasteiger partial charge in [0, 0.05) is 45.8 Å². The van der Waals surface area contributed by atoms with E-state index in [1.54, 1.807) is 20.8 Å². The van der Waals surface area contributed by atoms with Crippen LogP contribution in [0.2, 0.25) is 0 Å². The molecular weight excluding hydrogens is 280 g/mol. The first-order valence-corrected chi connectivity index (χ1v) is 7.94. The number of nitrogens with zero attached hydrogens (tertiary/aromatic N) is 2. The Hall–Kier alpha value is -1.50. The Morgan fingerprint density at radius 2 is 2.05 bits per heavy atom. The summed E-state index contributed by atoms with van der Waals surface area (Å²) in [5.74, 6) is -0.791. The van der Waals surface area contributed by atoms with Crippen LogP contribution in [0.5, 0.6) is 0 Å². The first-order chi connectivity index (χ1) is 9.29. The number of aliphatic carboxylic acids is 1. The fraction of sp³-hybridized carbons (Fsp3) is 0.615. The van der Waals surface area contributed by atoms with Crippen molar-refractivity contribution in [3.8, 4) is 0 Å². The second kappa shape index (κ2) is 6.78. The van der Waals surface area contributed by atoms with Gasteiger partial charge < -0.3 is 5.11 Å². The van der Waals surface area contributed by atoms with Crippen LogP contribution in [-0.4, -0.2) is 36.3 Å². The van der Waals surface area contributed by atoms with Gasteiger partial charge in [0.2, 0.25) is 0 Å². The lowest BCUT2D eigenvalue weighted by Crippen LogP contribution is -2.31. The van der Waals surface area contributed by atoms with E-state index < -0.39 is 28.4 Å². The Kier molecular flexibility index (Phi) is 5.62. The average Bonchev–Trinajstić information content (AvgIpc) is 2.37. The van der Waals surface area contributed by atoms with Crippen molar-refractivity contribution in [2.45, 2.75) is 40.2 Å². The Morgan fingerprint density at radius 1 is 1.45 bits per heavy atom. The predicted molar refractivity (Wildman–Crippen MR) is 77.6 cm³/mol. The smallest absolute Gasteiger partial charge is 0.348 e. The van der Waals surface area contributed by atoms with Gasteiger partial charge in [-0.3, -0.25) is 13.6 Å². The van der Waals surface area contributed by atoms with Crippen LogP contribution in [0, 0.1) is 13.8 Å². The summed E-state index contributed by atoms with van der Waals surface area (Å²) >= 11 is 0. The minimum Gasteiger partial charge on any atom is -0.481 e. The number of hydrogen-bond donors (Lipinski definition) is 1. The van der Waals surface area contributed by atoms with E-state index in [9.17, 15) is 13.8 Å². The summed E-state index contributed by atoms with van der Waals surface area (Å²) in [6.45, 7) is 7.02. The molecule has 2 atom stereocenters. The van der Waals surface area contributed by atoms with E-state index in [-0.39, 0.29) is 6.54 Å². The number of carboxylic acid groups (broad SMARTS) is 1. The lowest BCUT2D eigenvalue weighted by Gasteiger charge is -2.17. The van der Waals surface area contributed by atoms with Gasteiger partial charge in [-0.2, -0.15) is 4.98 Å². The molecule has 0 bridgehead atoms. The van der Waals surface area contributed by atoms with Crippen molar-refractivity contribution in [3.63, 3.8) is 0 Å². The lowest BCUT2D eigenvalue weighted by atomic mass is 9.98. The summed E-state index contributed by atoms with van der Waals surface area (Å²) in [5.41, 5.74) is 1.16. The van der Waals surface area contributed by atoms with E-state index in [2.05, 4.69) is 4.98 Å². The molecule has 2 unspecified atom stereocenters. The fourth-order valence-corrected chi connectivity index (χ4v) is 2.84. The van der Waals surface area contributed by atoms with Crippen LogP contribution in [0.25, 0.3) is 0 Å². The molecule has 0 spiro atoms. The highest BCUT2D eigenvalue weighted by atomic mass is 32.2. The Labute approximate surface area is 120 Å². The average molecular weight is 300 g/mol. The topological polar surface area (TPSA) is 89.3 Å². The van der Waals surface area contributed by atoms with Crippen molar-refractivity contribution < 1.29 is 14.1 Å². The standard InChI is InChI=1S/C13H20N2O4S/c1-5-20(19)7-6-15-10(4)11(8(2)12(16)17)9(3)14-13(15)18/h8H,5-7H2,1-4H3,(H,16,17). The van der Waals surface area contributed by atoms with E-state index in [1.807, 2.05) is 6.92 Å². The van der Waals surface area contributed by atoms with E-state index in [4.69, 9.17) is 5.11 Å². The molecule has 0 saturated carbocycles. The molecule has 112 valence electrons. The zero-order chi connectivity index (χ0) is 15.4. The third-order valence-electron chi connectivity index (χ3n) is 3.35. The largest absolute Gasteiger partial charge is 0.481 e. The van der Waals surface area contributed by atoms with Gasteiger partial charge in [-0.05, 0) is 20.8 Å². The normalized spacial score (nSPS) is 14.0. The summed E-state index contributed by atoms with van der Waals surface area (Å²) in [6, 6.07) is 0. The monoisotopic (exact) mass is 300 g/mol. The first kappa shape index (κ1) is 16.6. The van der Waals surface area contributed by atoms with E-state index in [0.29, 0.717) is 28.5 Å². The molecule has 0 fully saturated rings. The van der Waals surface area contributed by atoms with Gasteiger partial charge in [0.25, 0.3) is 0 Å². The zero-order valence-electron chi connectivity index (χ0n) is 12.2. The second-order valence-electron chi connectivity index (χ2n) is 4.62. The number of carboxylic acids is 1. The van der Waals surface area contributed by atoms with Gasteiger partial charge >= 0.3 is 11.7 Å². The van der Waals surface area contributed by atoms with Gasteiger partial charge in [-0.1, -0.05) is 6.92 Å². The molecule has 0 aliphatic heterocycles. The van der Waals surface area contributed by atoms with Crippen LogP contribution in [0.15, 0.2) is 4.79 Å². The maximum atomic E-state index is 11.9. The van der Waals surface area contributed by atoms with Crippen molar-refractivity contribution in [1.29, 1.82) is 0 Å². The third-order valence-corrected chi connectivity index (χ3v) is 4.63. The molecule has 1 rings (SSSR count). The van der Waals surface area contributed by atoms with E-state index in [0.717, 1.165) is 0 Å². The van der Waals surface area contributed by atoms with Crippen molar-refractivity contribution in [2.24, 2.45) is 0 Å². The van der Waals surface area contributed by atoms with Crippen LogP contribution in [0.3, 0.4) is 0 Å². The van der Waals surface area contributed by atoms with E-state index >= 15 is 0 Å². The highest BCUT2D eigenvalue weighted by molar-refractivity contribution is 7.84. The fourth-order valence-electron chi connectivity index (χ4n) is 2.17. The molecule has 20 heavy (non-hydrogen) atoms. The predicted octanol–water partition coefficient (Wildman–Crippen LogP) is 0.817. The van der Waals surface area contributed by atoms with Crippen LogP contribution in [0.1, 0.15) is 36.7 Å². The summed E-state index contributed by atoms with van der Waals surface area (Å²) in [4.78, 5) is 26.9. The maximum Gasteiger partial charge on any atom is 0.348 e. The van der Waals surface area contributed by atoms with Crippen molar-refractivity contribution in [3.05, 3.63) is 27.4 Å². The molecule has 0 saturated heterocycles. The summed E-state index contributed by atoms with van der Waals surface area (Å²) in [7, 11) is -0.979. The van der Waals surface area contributed by atoms with Gasteiger partial charge in [0.05, 0.1) is 5.92 Å². The number of aromatic nitrogens is 2. The van der Waals surface area contributed by atoms with Gasteiger partial charge in [-0.25, -0.2) is 4.79 Å². The van der Waals surface area contributed by atoms with E-state index in [1.165, 1.54) is 4.57 Å². The Morgan fingerprint density at radius 3 is 2.55 bits per heavy atom. The minimum atomic E-state index is -0.979. The number of aryl methyl sites for hydroxylation is 1. The van der Waals surface area contributed by atoms with Gasteiger partial charge in [-0.15, -0.1) is 0 Å². The minimum absolute atomic E-state index is 0.289. The Balaban J connectivity index is 3.26. The van der Waals surface area contributed by atoms with Gasteiger partial charge in [0.1, 0.15) is 0 Å². The third kappa shape index (κ3) is 3.53. The van der Waals surface area contributed by atoms with Crippen LogP contribution >= 0.6 is 0 Å². The number of rotatable bonds is 6. The SMILES string of the molecule is CCS(=O)CCn1c(C)c(C(C)C(=O)O)c(C)nc1=O. The molecule has 6 nitrogen and oxygen atoms in total. The van der Waals surface area contributed by atoms with Crippen LogP contribution < -0.4 is 5.69 Å². The molecule has 1 heterocycles. The zero-order valence-corrected chi connectivity index (χ0v) is 13.0.